The molecule has 0 radical (unpaired) electrons. The van der Waals surface area contributed by atoms with E-state index in [0.717, 1.165) is 30.7 Å². The van der Waals surface area contributed by atoms with Crippen molar-refractivity contribution >= 4 is 24.0 Å². The lowest BCUT2D eigenvalue weighted by atomic mass is 9.46. The number of carbonyl (C=O) groups is 1. The van der Waals surface area contributed by atoms with Gasteiger partial charge in [0.2, 0.25) is 5.91 Å². The van der Waals surface area contributed by atoms with Crippen molar-refractivity contribution in [3.05, 3.63) is 29.8 Å². The largest absolute Gasteiger partial charge is 0.377 e. The standard InChI is InChI=1S/C20H30N2O2.ClH/c1-18(2,3)13-9-6-7-11-15(13)22-17(23)20(21)14-10-8-12-24-16(14)19(20,4)5;/h6-7,9,11,14,16H,8,10,12,21H2,1-5H3,(H,22,23);1H. The normalized spacial score (nSPS) is 30.5. The quantitative estimate of drug-likeness (QED) is 0.834. The molecule has 3 N–H and O–H groups in total. The number of anilines is 1. The van der Waals surface area contributed by atoms with E-state index in [9.17, 15) is 4.79 Å². The Morgan fingerprint density at radius 1 is 1.28 bits per heavy atom. The van der Waals surface area contributed by atoms with Crippen molar-refractivity contribution < 1.29 is 9.53 Å². The molecule has 3 unspecified atom stereocenters. The molecule has 1 aliphatic heterocycles. The maximum absolute atomic E-state index is 13.2. The Morgan fingerprint density at radius 3 is 2.56 bits per heavy atom. The molecule has 2 fully saturated rings. The average molecular weight is 367 g/mol. The molecule has 1 amide bonds. The smallest absolute Gasteiger partial charge is 0.245 e. The van der Waals surface area contributed by atoms with Crippen LogP contribution in [0, 0.1) is 11.3 Å². The van der Waals surface area contributed by atoms with Crippen LogP contribution >= 0.6 is 12.4 Å². The van der Waals surface area contributed by atoms with Crippen LogP contribution in [0.15, 0.2) is 24.3 Å². The molecular formula is C20H31ClN2O2. The third-order valence-corrected chi connectivity index (χ3v) is 6.04. The van der Waals surface area contributed by atoms with Gasteiger partial charge in [-0.1, -0.05) is 52.8 Å². The molecule has 3 atom stereocenters. The molecule has 5 heteroatoms. The van der Waals surface area contributed by atoms with E-state index >= 15 is 0 Å². The first-order valence-electron chi connectivity index (χ1n) is 8.91. The van der Waals surface area contributed by atoms with Gasteiger partial charge in [-0.3, -0.25) is 4.79 Å². The first-order chi connectivity index (χ1) is 11.1. The number of hydrogen-bond donors (Lipinski definition) is 2. The number of fused-ring (bicyclic) bond motifs is 1. The lowest BCUT2D eigenvalue weighted by molar-refractivity contribution is -0.222. The van der Waals surface area contributed by atoms with Gasteiger partial charge in [0, 0.05) is 23.6 Å². The van der Waals surface area contributed by atoms with Crippen LogP contribution in [0.1, 0.15) is 53.0 Å². The van der Waals surface area contributed by atoms with Crippen LogP contribution in [0.3, 0.4) is 0 Å². The Labute approximate surface area is 157 Å². The van der Waals surface area contributed by atoms with E-state index in [-0.39, 0.29) is 41.2 Å². The first kappa shape index (κ1) is 20.2. The molecule has 140 valence electrons. The summed E-state index contributed by atoms with van der Waals surface area (Å²) in [6.45, 7) is 11.3. The second-order valence-electron chi connectivity index (χ2n) is 8.88. The van der Waals surface area contributed by atoms with E-state index in [4.69, 9.17) is 10.5 Å². The monoisotopic (exact) mass is 366 g/mol. The van der Waals surface area contributed by atoms with Crippen LogP contribution in [0.2, 0.25) is 0 Å². The minimum Gasteiger partial charge on any atom is -0.377 e. The van der Waals surface area contributed by atoms with Crippen molar-refractivity contribution in [2.45, 2.75) is 64.5 Å². The molecule has 0 spiro atoms. The molecule has 1 aromatic rings. The molecule has 1 aliphatic carbocycles. The van der Waals surface area contributed by atoms with E-state index in [2.05, 4.69) is 46.0 Å². The SMILES string of the molecule is CC(C)(C)c1ccccc1NC(=O)C1(N)C2CCCOC2C1(C)C.Cl. The van der Waals surface area contributed by atoms with E-state index in [0.29, 0.717) is 0 Å². The fourth-order valence-corrected chi connectivity index (χ4v) is 4.51. The van der Waals surface area contributed by atoms with Crippen molar-refractivity contribution in [1.82, 2.24) is 0 Å². The van der Waals surface area contributed by atoms with Gasteiger partial charge in [0.25, 0.3) is 0 Å². The van der Waals surface area contributed by atoms with Gasteiger partial charge >= 0.3 is 0 Å². The van der Waals surface area contributed by atoms with Crippen molar-refractivity contribution in [2.24, 2.45) is 17.1 Å². The van der Waals surface area contributed by atoms with Gasteiger partial charge in [-0.25, -0.2) is 0 Å². The van der Waals surface area contributed by atoms with Crippen LogP contribution in [-0.2, 0) is 14.9 Å². The molecule has 3 rings (SSSR count). The Kier molecular flexibility index (Phi) is 5.31. The number of nitrogens with two attached hydrogens (primary N) is 1. The van der Waals surface area contributed by atoms with Crippen LogP contribution in [0.25, 0.3) is 0 Å². The molecule has 4 nitrogen and oxygen atoms in total. The summed E-state index contributed by atoms with van der Waals surface area (Å²) >= 11 is 0. The number of hydrogen-bond acceptors (Lipinski definition) is 3. The summed E-state index contributed by atoms with van der Waals surface area (Å²) in [5.41, 5.74) is 7.38. The molecule has 1 aromatic carbocycles. The second kappa shape index (κ2) is 6.57. The molecule has 25 heavy (non-hydrogen) atoms. The predicted molar refractivity (Wildman–Crippen MR) is 104 cm³/mol. The van der Waals surface area contributed by atoms with Crippen LogP contribution < -0.4 is 11.1 Å². The summed E-state index contributed by atoms with van der Waals surface area (Å²) in [6.07, 6.45) is 2.01. The molecule has 2 aliphatic rings. The highest BCUT2D eigenvalue weighted by molar-refractivity contribution is 6.00. The van der Waals surface area contributed by atoms with E-state index in [1.54, 1.807) is 0 Å². The van der Waals surface area contributed by atoms with Gasteiger partial charge in [0.05, 0.1) is 6.10 Å². The number of para-hydroxylation sites is 1. The molecular weight excluding hydrogens is 336 g/mol. The van der Waals surface area contributed by atoms with Gasteiger partial charge in [-0.2, -0.15) is 0 Å². The number of rotatable bonds is 2. The summed E-state index contributed by atoms with van der Waals surface area (Å²) < 4.78 is 5.91. The van der Waals surface area contributed by atoms with Gasteiger partial charge in [-0.15, -0.1) is 12.4 Å². The summed E-state index contributed by atoms with van der Waals surface area (Å²) in [5.74, 6) is 0.0130. The highest BCUT2D eigenvalue weighted by Crippen LogP contribution is 2.57. The van der Waals surface area contributed by atoms with Crippen molar-refractivity contribution in [3.8, 4) is 0 Å². The number of carbonyl (C=O) groups excluding carboxylic acids is 1. The van der Waals surface area contributed by atoms with Crippen molar-refractivity contribution in [1.29, 1.82) is 0 Å². The zero-order chi connectivity index (χ0) is 17.8. The predicted octanol–water partition coefficient (Wildman–Crippen LogP) is 3.88. The molecule has 1 saturated carbocycles. The summed E-state index contributed by atoms with van der Waals surface area (Å²) in [4.78, 5) is 13.2. The third-order valence-electron chi connectivity index (χ3n) is 6.04. The number of ether oxygens (including phenoxy) is 1. The Balaban J connectivity index is 0.00000225. The minimum absolute atomic E-state index is 0. The summed E-state index contributed by atoms with van der Waals surface area (Å²) in [7, 11) is 0. The van der Waals surface area contributed by atoms with Gasteiger partial charge in [0.15, 0.2) is 0 Å². The number of nitrogens with one attached hydrogen (secondary N) is 1. The number of halogens is 1. The van der Waals surface area contributed by atoms with Crippen LogP contribution in [0.5, 0.6) is 0 Å². The highest BCUT2D eigenvalue weighted by atomic mass is 35.5. The lowest BCUT2D eigenvalue weighted by Crippen LogP contribution is -2.81. The van der Waals surface area contributed by atoms with E-state index < -0.39 is 5.54 Å². The zero-order valence-electron chi connectivity index (χ0n) is 15.9. The Morgan fingerprint density at radius 2 is 1.92 bits per heavy atom. The van der Waals surface area contributed by atoms with Gasteiger partial charge in [0.1, 0.15) is 5.54 Å². The molecule has 0 aromatic heterocycles. The molecule has 1 saturated heterocycles. The first-order valence-corrected chi connectivity index (χ1v) is 8.91. The maximum Gasteiger partial charge on any atom is 0.245 e. The number of benzene rings is 1. The van der Waals surface area contributed by atoms with Crippen LogP contribution in [0.4, 0.5) is 5.69 Å². The van der Waals surface area contributed by atoms with E-state index in [1.807, 2.05) is 18.2 Å². The van der Waals surface area contributed by atoms with Gasteiger partial charge < -0.3 is 15.8 Å². The van der Waals surface area contributed by atoms with Crippen molar-refractivity contribution in [3.63, 3.8) is 0 Å². The average Bonchev–Trinajstić information content (AvgIpc) is 2.53. The fourth-order valence-electron chi connectivity index (χ4n) is 4.51. The summed E-state index contributed by atoms with van der Waals surface area (Å²) in [6, 6.07) is 7.98. The topological polar surface area (TPSA) is 64.4 Å². The van der Waals surface area contributed by atoms with Gasteiger partial charge in [-0.05, 0) is 29.9 Å². The Hall–Kier alpha value is -1.10. The Bertz CT molecular complexity index is 653. The minimum atomic E-state index is -0.886. The maximum atomic E-state index is 13.2. The third kappa shape index (κ3) is 2.98. The fraction of sp³-hybridized carbons (Fsp3) is 0.650. The second-order valence-corrected chi connectivity index (χ2v) is 8.88. The lowest BCUT2D eigenvalue weighted by Gasteiger charge is -2.65. The highest BCUT2D eigenvalue weighted by Gasteiger charge is 2.70. The summed E-state index contributed by atoms with van der Waals surface area (Å²) in [5, 5.41) is 3.13. The zero-order valence-corrected chi connectivity index (χ0v) is 16.7. The van der Waals surface area contributed by atoms with Crippen LogP contribution in [-0.4, -0.2) is 24.2 Å². The van der Waals surface area contributed by atoms with Crippen molar-refractivity contribution in [2.75, 3.05) is 11.9 Å². The number of amides is 1. The molecule has 0 bridgehead atoms. The molecule has 1 heterocycles. The van der Waals surface area contributed by atoms with E-state index in [1.165, 1.54) is 0 Å².